The van der Waals surface area contributed by atoms with E-state index in [0.717, 1.165) is 0 Å². The normalized spacial score (nSPS) is 13.7. The van der Waals surface area contributed by atoms with Crippen molar-refractivity contribution in [1.29, 1.82) is 0 Å². The van der Waals surface area contributed by atoms with Crippen LogP contribution in [-0.2, 0) is 5.60 Å². The highest BCUT2D eigenvalue weighted by Gasteiger charge is 2.32. The number of hydrogen-bond donors (Lipinski definition) is 1. The molecule has 0 saturated carbocycles. The molecule has 20 heavy (non-hydrogen) atoms. The second-order valence-electron chi connectivity index (χ2n) is 4.59. The summed E-state index contributed by atoms with van der Waals surface area (Å²) in [6, 6.07) is 11.7. The van der Waals surface area contributed by atoms with E-state index >= 15 is 0 Å². The summed E-state index contributed by atoms with van der Waals surface area (Å²) in [4.78, 5) is 0. The van der Waals surface area contributed by atoms with Crippen molar-refractivity contribution >= 4 is 0 Å². The molecule has 0 aliphatic rings. The average Bonchev–Trinajstić information content (AvgIpc) is 2.47. The Balaban J connectivity index is 2.60. The standard InChI is InChI=1S/C16H17FO3/c1-16(18,11-7-4-5-9-13(11)19-2)12-8-6-10-14(20-3)15(12)17/h4-10,18H,1-3H3. The third-order valence-corrected chi connectivity index (χ3v) is 3.34. The summed E-state index contributed by atoms with van der Waals surface area (Å²) in [6.07, 6.45) is 0. The summed E-state index contributed by atoms with van der Waals surface area (Å²) >= 11 is 0. The van der Waals surface area contributed by atoms with Gasteiger partial charge in [0.2, 0.25) is 0 Å². The van der Waals surface area contributed by atoms with Crippen molar-refractivity contribution in [3.63, 3.8) is 0 Å². The minimum absolute atomic E-state index is 0.0951. The lowest BCUT2D eigenvalue weighted by molar-refractivity contribution is 0.0941. The molecule has 0 radical (unpaired) electrons. The number of benzene rings is 2. The molecular formula is C16H17FO3. The Hall–Kier alpha value is -2.07. The molecule has 1 atom stereocenters. The van der Waals surface area contributed by atoms with Crippen LogP contribution in [-0.4, -0.2) is 19.3 Å². The zero-order valence-electron chi connectivity index (χ0n) is 11.7. The largest absolute Gasteiger partial charge is 0.496 e. The van der Waals surface area contributed by atoms with Gasteiger partial charge in [0.05, 0.1) is 14.2 Å². The molecule has 0 fully saturated rings. The fourth-order valence-corrected chi connectivity index (χ4v) is 2.24. The van der Waals surface area contributed by atoms with Crippen molar-refractivity contribution in [2.75, 3.05) is 14.2 Å². The monoisotopic (exact) mass is 276 g/mol. The van der Waals surface area contributed by atoms with Gasteiger partial charge in [-0.2, -0.15) is 0 Å². The topological polar surface area (TPSA) is 38.7 Å². The lowest BCUT2D eigenvalue weighted by Gasteiger charge is -2.27. The SMILES string of the molecule is COc1ccccc1C(C)(O)c1cccc(OC)c1F. The molecule has 2 aromatic carbocycles. The Morgan fingerprint density at radius 3 is 2.10 bits per heavy atom. The molecule has 2 rings (SSSR count). The van der Waals surface area contributed by atoms with Crippen molar-refractivity contribution in [1.82, 2.24) is 0 Å². The second kappa shape index (κ2) is 5.51. The number of hydrogen-bond acceptors (Lipinski definition) is 3. The Kier molecular flexibility index (Phi) is 3.95. The van der Waals surface area contributed by atoms with E-state index in [1.165, 1.54) is 33.3 Å². The highest BCUT2D eigenvalue weighted by molar-refractivity contribution is 5.46. The van der Waals surface area contributed by atoms with Gasteiger partial charge in [0.25, 0.3) is 0 Å². The van der Waals surface area contributed by atoms with Gasteiger partial charge in [-0.05, 0) is 19.1 Å². The van der Waals surface area contributed by atoms with E-state index in [0.29, 0.717) is 11.3 Å². The molecule has 0 aromatic heterocycles. The predicted octanol–water partition coefficient (Wildman–Crippen LogP) is 3.10. The van der Waals surface area contributed by atoms with Crippen LogP contribution >= 0.6 is 0 Å². The Morgan fingerprint density at radius 1 is 0.900 bits per heavy atom. The zero-order chi connectivity index (χ0) is 14.8. The first-order valence-electron chi connectivity index (χ1n) is 6.21. The summed E-state index contributed by atoms with van der Waals surface area (Å²) < 4.78 is 24.6. The first kappa shape index (κ1) is 14.3. The summed E-state index contributed by atoms with van der Waals surface area (Å²) in [5.41, 5.74) is -0.887. The van der Waals surface area contributed by atoms with Crippen molar-refractivity contribution in [2.45, 2.75) is 12.5 Å². The molecule has 0 aliphatic heterocycles. The molecule has 0 spiro atoms. The molecule has 2 aromatic rings. The first-order chi connectivity index (χ1) is 9.52. The predicted molar refractivity (Wildman–Crippen MR) is 74.6 cm³/mol. The Bertz CT molecular complexity index is 608. The van der Waals surface area contributed by atoms with Crippen molar-refractivity contribution in [3.8, 4) is 11.5 Å². The minimum Gasteiger partial charge on any atom is -0.496 e. The third-order valence-electron chi connectivity index (χ3n) is 3.34. The molecule has 4 heteroatoms. The molecule has 3 nitrogen and oxygen atoms in total. The lowest BCUT2D eigenvalue weighted by Crippen LogP contribution is -2.25. The van der Waals surface area contributed by atoms with E-state index in [9.17, 15) is 9.50 Å². The molecule has 0 saturated heterocycles. The number of methoxy groups -OCH3 is 2. The molecule has 0 aliphatic carbocycles. The van der Waals surface area contributed by atoms with Crippen LogP contribution in [0.3, 0.4) is 0 Å². The number of rotatable bonds is 4. The van der Waals surface area contributed by atoms with Gasteiger partial charge in [-0.15, -0.1) is 0 Å². The summed E-state index contributed by atoms with van der Waals surface area (Å²) in [6.45, 7) is 1.53. The van der Waals surface area contributed by atoms with Gasteiger partial charge < -0.3 is 14.6 Å². The maximum Gasteiger partial charge on any atom is 0.171 e. The van der Waals surface area contributed by atoms with Gasteiger partial charge in [-0.1, -0.05) is 30.3 Å². The van der Waals surface area contributed by atoms with Crippen LogP contribution in [0.15, 0.2) is 42.5 Å². The average molecular weight is 276 g/mol. The smallest absolute Gasteiger partial charge is 0.171 e. The summed E-state index contributed by atoms with van der Waals surface area (Å²) in [5, 5.41) is 10.8. The van der Waals surface area contributed by atoms with Crippen LogP contribution in [0.1, 0.15) is 18.1 Å². The number of halogens is 1. The van der Waals surface area contributed by atoms with Crippen LogP contribution in [0.2, 0.25) is 0 Å². The maximum atomic E-state index is 14.4. The molecule has 0 amide bonds. The quantitative estimate of drug-likeness (QED) is 0.932. The highest BCUT2D eigenvalue weighted by atomic mass is 19.1. The summed E-state index contributed by atoms with van der Waals surface area (Å²) in [7, 11) is 2.90. The van der Waals surface area contributed by atoms with E-state index in [-0.39, 0.29) is 11.3 Å². The maximum absolute atomic E-state index is 14.4. The highest BCUT2D eigenvalue weighted by Crippen LogP contribution is 2.38. The first-order valence-corrected chi connectivity index (χ1v) is 6.21. The molecule has 106 valence electrons. The van der Waals surface area contributed by atoms with Gasteiger partial charge in [0, 0.05) is 11.1 Å². The summed E-state index contributed by atoms with van der Waals surface area (Å²) in [5.74, 6) is 0.0169. The van der Waals surface area contributed by atoms with E-state index in [1.807, 2.05) is 0 Å². The fourth-order valence-electron chi connectivity index (χ4n) is 2.24. The zero-order valence-corrected chi connectivity index (χ0v) is 11.7. The van der Waals surface area contributed by atoms with E-state index in [2.05, 4.69) is 0 Å². The second-order valence-corrected chi connectivity index (χ2v) is 4.59. The number of ether oxygens (including phenoxy) is 2. The minimum atomic E-state index is -1.52. The van der Waals surface area contributed by atoms with E-state index in [4.69, 9.17) is 9.47 Å². The Labute approximate surface area is 117 Å². The molecule has 0 heterocycles. The van der Waals surface area contributed by atoms with E-state index in [1.54, 1.807) is 30.3 Å². The van der Waals surface area contributed by atoms with Gasteiger partial charge in [-0.3, -0.25) is 0 Å². The number of aliphatic hydroxyl groups is 1. The van der Waals surface area contributed by atoms with Gasteiger partial charge in [-0.25, -0.2) is 4.39 Å². The molecule has 1 N–H and O–H groups in total. The fraction of sp³-hybridized carbons (Fsp3) is 0.250. The Morgan fingerprint density at radius 2 is 1.45 bits per heavy atom. The molecule has 0 bridgehead atoms. The third kappa shape index (κ3) is 2.34. The van der Waals surface area contributed by atoms with Crippen molar-refractivity contribution in [3.05, 3.63) is 59.4 Å². The van der Waals surface area contributed by atoms with Crippen LogP contribution in [0, 0.1) is 5.82 Å². The van der Waals surface area contributed by atoms with Crippen LogP contribution in [0.25, 0.3) is 0 Å². The molecular weight excluding hydrogens is 259 g/mol. The van der Waals surface area contributed by atoms with Crippen molar-refractivity contribution < 1.29 is 19.0 Å². The van der Waals surface area contributed by atoms with Gasteiger partial charge in [0.1, 0.15) is 11.4 Å². The van der Waals surface area contributed by atoms with E-state index < -0.39 is 11.4 Å². The van der Waals surface area contributed by atoms with Crippen LogP contribution in [0.4, 0.5) is 4.39 Å². The van der Waals surface area contributed by atoms with Crippen LogP contribution in [0.5, 0.6) is 11.5 Å². The molecule has 1 unspecified atom stereocenters. The van der Waals surface area contributed by atoms with Crippen molar-refractivity contribution in [2.24, 2.45) is 0 Å². The van der Waals surface area contributed by atoms with Gasteiger partial charge in [0.15, 0.2) is 11.6 Å². The van der Waals surface area contributed by atoms with Crippen LogP contribution < -0.4 is 9.47 Å². The lowest BCUT2D eigenvalue weighted by atomic mass is 9.87. The number of para-hydroxylation sites is 1. The van der Waals surface area contributed by atoms with Gasteiger partial charge >= 0.3 is 0 Å².